The van der Waals surface area contributed by atoms with E-state index in [1.54, 1.807) is 36.0 Å². The smallest absolute Gasteiger partial charge is 0.265 e. The quantitative estimate of drug-likeness (QED) is 0.543. The standard InChI is InChI=1S/C22H27ClN2O3S2/c1-17-6-4-11-24(17)12-5-14-28-18-9-10-21-20(16-18)25(13-15-29-21)30(26,27)22-8-3-2-7-19(22)23/h2-3,7-10,16-17H,4-6,11-15H2,1H3. The molecule has 4 rings (SSSR count). The summed E-state index contributed by atoms with van der Waals surface area (Å²) < 4.78 is 34.0. The Bertz CT molecular complexity index is 1000. The number of hydrogen-bond donors (Lipinski definition) is 0. The molecule has 0 amide bonds. The second kappa shape index (κ2) is 9.39. The maximum atomic E-state index is 13.3. The molecule has 0 bridgehead atoms. The van der Waals surface area contributed by atoms with Crippen LogP contribution in [0, 0.1) is 0 Å². The van der Waals surface area contributed by atoms with Crippen molar-refractivity contribution in [3.63, 3.8) is 0 Å². The number of sulfonamides is 1. The molecule has 162 valence electrons. The molecule has 1 unspecified atom stereocenters. The van der Waals surface area contributed by atoms with Crippen molar-refractivity contribution in [2.24, 2.45) is 0 Å². The first-order valence-electron chi connectivity index (χ1n) is 10.4. The van der Waals surface area contributed by atoms with Crippen LogP contribution in [0.2, 0.25) is 5.02 Å². The summed E-state index contributed by atoms with van der Waals surface area (Å²) in [5.74, 6) is 1.40. The molecule has 1 atom stereocenters. The molecule has 1 fully saturated rings. The van der Waals surface area contributed by atoms with Gasteiger partial charge in [-0.2, -0.15) is 0 Å². The van der Waals surface area contributed by atoms with Crippen LogP contribution in [-0.2, 0) is 10.0 Å². The molecular formula is C22H27ClN2O3S2. The fourth-order valence-electron chi connectivity index (χ4n) is 4.07. The highest BCUT2D eigenvalue weighted by Gasteiger charge is 2.31. The van der Waals surface area contributed by atoms with Crippen LogP contribution in [0.15, 0.2) is 52.3 Å². The summed E-state index contributed by atoms with van der Waals surface area (Å²) in [6.45, 7) is 5.51. The summed E-state index contributed by atoms with van der Waals surface area (Å²) in [5.41, 5.74) is 0.664. The van der Waals surface area contributed by atoms with Gasteiger partial charge in [0.15, 0.2) is 0 Å². The summed E-state index contributed by atoms with van der Waals surface area (Å²) in [6, 6.07) is 13.0. The molecule has 0 N–H and O–H groups in total. The van der Waals surface area contributed by atoms with E-state index in [-0.39, 0.29) is 9.92 Å². The second-order valence-corrected chi connectivity index (χ2v) is 11.1. The number of ether oxygens (including phenoxy) is 1. The SMILES string of the molecule is CC1CCCN1CCCOc1ccc2c(c1)N(S(=O)(=O)c1ccccc1Cl)CCS2. The lowest BCUT2D eigenvalue weighted by Crippen LogP contribution is -2.35. The van der Waals surface area contributed by atoms with Crippen molar-refractivity contribution in [1.29, 1.82) is 0 Å². The summed E-state index contributed by atoms with van der Waals surface area (Å²) >= 11 is 7.86. The number of nitrogens with zero attached hydrogens (tertiary/aromatic N) is 2. The van der Waals surface area contributed by atoms with E-state index in [0.717, 1.165) is 17.9 Å². The molecule has 0 saturated carbocycles. The van der Waals surface area contributed by atoms with Gasteiger partial charge < -0.3 is 9.64 Å². The molecule has 2 heterocycles. The molecule has 30 heavy (non-hydrogen) atoms. The predicted molar refractivity (Wildman–Crippen MR) is 124 cm³/mol. The Morgan fingerprint density at radius 1 is 1.20 bits per heavy atom. The molecule has 1 saturated heterocycles. The Hall–Kier alpha value is -1.41. The van der Waals surface area contributed by atoms with Gasteiger partial charge in [0.05, 0.1) is 17.3 Å². The minimum atomic E-state index is -3.74. The van der Waals surface area contributed by atoms with Gasteiger partial charge in [-0.25, -0.2) is 8.42 Å². The van der Waals surface area contributed by atoms with Crippen molar-refractivity contribution < 1.29 is 13.2 Å². The third-order valence-corrected chi connectivity index (χ3v) is 9.06. The summed E-state index contributed by atoms with van der Waals surface area (Å²) in [4.78, 5) is 3.58. The number of benzene rings is 2. The number of fused-ring (bicyclic) bond motifs is 1. The number of hydrogen-bond acceptors (Lipinski definition) is 5. The van der Waals surface area contributed by atoms with E-state index in [1.165, 1.54) is 23.7 Å². The molecule has 0 aliphatic carbocycles. The maximum Gasteiger partial charge on any atom is 0.265 e. The van der Waals surface area contributed by atoms with E-state index in [1.807, 2.05) is 18.2 Å². The lowest BCUT2D eigenvalue weighted by molar-refractivity contribution is 0.230. The number of thioether (sulfide) groups is 1. The molecular weight excluding hydrogens is 440 g/mol. The van der Waals surface area contributed by atoms with E-state index < -0.39 is 10.0 Å². The summed E-state index contributed by atoms with van der Waals surface area (Å²) in [6.07, 6.45) is 3.51. The second-order valence-electron chi connectivity index (χ2n) is 7.71. The van der Waals surface area contributed by atoms with Crippen molar-refractivity contribution in [1.82, 2.24) is 4.90 Å². The van der Waals surface area contributed by atoms with Gasteiger partial charge in [0, 0.05) is 35.8 Å². The van der Waals surface area contributed by atoms with Gasteiger partial charge in [0.2, 0.25) is 0 Å². The average molecular weight is 467 g/mol. The Kier molecular flexibility index (Phi) is 6.82. The number of halogens is 1. The average Bonchev–Trinajstić information content (AvgIpc) is 3.15. The highest BCUT2D eigenvalue weighted by atomic mass is 35.5. The zero-order chi connectivity index (χ0) is 21.1. The molecule has 2 aliphatic rings. The van der Waals surface area contributed by atoms with E-state index in [4.69, 9.17) is 16.3 Å². The normalized spacial score (nSPS) is 19.7. The highest BCUT2D eigenvalue weighted by molar-refractivity contribution is 8.00. The third-order valence-electron chi connectivity index (χ3n) is 5.70. The molecule has 2 aromatic carbocycles. The Labute approximate surface area is 188 Å². The van der Waals surface area contributed by atoms with Gasteiger partial charge in [0.25, 0.3) is 10.0 Å². The fraction of sp³-hybridized carbons (Fsp3) is 0.455. The zero-order valence-electron chi connectivity index (χ0n) is 17.1. The van der Waals surface area contributed by atoms with Crippen LogP contribution in [0.3, 0.4) is 0 Å². The van der Waals surface area contributed by atoms with E-state index in [9.17, 15) is 8.42 Å². The molecule has 0 radical (unpaired) electrons. The van der Waals surface area contributed by atoms with Crippen LogP contribution in [0.5, 0.6) is 5.75 Å². The molecule has 0 aromatic heterocycles. The summed E-state index contributed by atoms with van der Waals surface area (Å²) in [7, 11) is -3.74. The summed E-state index contributed by atoms with van der Waals surface area (Å²) in [5, 5.41) is 0.237. The highest BCUT2D eigenvalue weighted by Crippen LogP contribution is 2.40. The molecule has 8 heteroatoms. The van der Waals surface area contributed by atoms with Gasteiger partial charge in [-0.3, -0.25) is 4.31 Å². The minimum Gasteiger partial charge on any atom is -0.493 e. The van der Waals surface area contributed by atoms with Crippen LogP contribution in [0.4, 0.5) is 5.69 Å². The largest absolute Gasteiger partial charge is 0.493 e. The number of likely N-dealkylation sites (tertiary alicyclic amines) is 1. The maximum absolute atomic E-state index is 13.3. The van der Waals surface area contributed by atoms with E-state index in [0.29, 0.717) is 36.4 Å². The van der Waals surface area contributed by atoms with Gasteiger partial charge in [-0.15, -0.1) is 11.8 Å². The van der Waals surface area contributed by atoms with Crippen molar-refractivity contribution >= 4 is 39.1 Å². The fourth-order valence-corrected chi connectivity index (χ4v) is 7.19. The van der Waals surface area contributed by atoms with Crippen molar-refractivity contribution in [3.8, 4) is 5.75 Å². The minimum absolute atomic E-state index is 0.135. The zero-order valence-corrected chi connectivity index (χ0v) is 19.5. The Balaban J connectivity index is 1.48. The van der Waals surface area contributed by atoms with Crippen molar-refractivity contribution in [3.05, 3.63) is 47.5 Å². The monoisotopic (exact) mass is 466 g/mol. The topological polar surface area (TPSA) is 49.9 Å². The van der Waals surface area contributed by atoms with Gasteiger partial charge in [-0.1, -0.05) is 23.7 Å². The van der Waals surface area contributed by atoms with Crippen LogP contribution in [-0.4, -0.2) is 51.4 Å². The van der Waals surface area contributed by atoms with Crippen molar-refractivity contribution in [2.75, 3.05) is 36.3 Å². The first-order chi connectivity index (χ1) is 14.5. The van der Waals surface area contributed by atoms with E-state index in [2.05, 4.69) is 11.8 Å². The molecule has 2 aliphatic heterocycles. The Morgan fingerprint density at radius 2 is 2.03 bits per heavy atom. The van der Waals surface area contributed by atoms with Gasteiger partial charge in [-0.05, 0) is 57.0 Å². The lowest BCUT2D eigenvalue weighted by Gasteiger charge is -2.30. The van der Waals surface area contributed by atoms with Crippen LogP contribution in [0.25, 0.3) is 0 Å². The molecule has 5 nitrogen and oxygen atoms in total. The molecule has 2 aromatic rings. The third kappa shape index (κ3) is 4.59. The number of rotatable bonds is 7. The Morgan fingerprint density at radius 3 is 2.80 bits per heavy atom. The van der Waals surface area contributed by atoms with Crippen LogP contribution < -0.4 is 9.04 Å². The predicted octanol–water partition coefficient (Wildman–Crippen LogP) is 4.89. The van der Waals surface area contributed by atoms with Crippen LogP contribution in [0.1, 0.15) is 26.2 Å². The van der Waals surface area contributed by atoms with Crippen LogP contribution >= 0.6 is 23.4 Å². The first-order valence-corrected chi connectivity index (χ1v) is 13.2. The van der Waals surface area contributed by atoms with E-state index >= 15 is 0 Å². The van der Waals surface area contributed by atoms with Crippen molar-refractivity contribution in [2.45, 2.75) is 42.0 Å². The first kappa shape index (κ1) is 21.8. The molecule has 0 spiro atoms. The lowest BCUT2D eigenvalue weighted by atomic mass is 10.2. The number of anilines is 1. The van der Waals surface area contributed by atoms with Gasteiger partial charge >= 0.3 is 0 Å². The van der Waals surface area contributed by atoms with Gasteiger partial charge in [0.1, 0.15) is 10.6 Å².